The fraction of sp³-hybridized carbons (Fsp3) is 0.231. The summed E-state index contributed by atoms with van der Waals surface area (Å²) in [5.74, 6) is 1.03. The average Bonchev–Trinajstić information content (AvgIpc) is 2.60. The number of aromatic nitrogens is 3. The average molecular weight is 246 g/mol. The van der Waals surface area contributed by atoms with Crippen LogP contribution in [0.5, 0.6) is 0 Å². The SMILES string of the molecule is CCn1c(C)nc2cc3cc(Cl)cnc3cc21. The number of imidazole rings is 1. The maximum Gasteiger partial charge on any atom is 0.106 e. The van der Waals surface area contributed by atoms with E-state index in [0.29, 0.717) is 5.02 Å². The first-order chi connectivity index (χ1) is 8.19. The Labute approximate surface area is 104 Å². The van der Waals surface area contributed by atoms with Crippen molar-refractivity contribution in [1.82, 2.24) is 14.5 Å². The number of benzene rings is 1. The Morgan fingerprint density at radius 3 is 2.82 bits per heavy atom. The zero-order valence-electron chi connectivity index (χ0n) is 9.74. The number of fused-ring (bicyclic) bond motifs is 2. The summed E-state index contributed by atoms with van der Waals surface area (Å²) in [6.45, 7) is 5.06. The highest BCUT2D eigenvalue weighted by molar-refractivity contribution is 6.31. The highest BCUT2D eigenvalue weighted by atomic mass is 35.5. The van der Waals surface area contributed by atoms with Gasteiger partial charge in [0.1, 0.15) is 5.82 Å². The summed E-state index contributed by atoms with van der Waals surface area (Å²) >= 11 is 5.95. The van der Waals surface area contributed by atoms with E-state index in [1.807, 2.05) is 19.1 Å². The molecule has 3 nitrogen and oxygen atoms in total. The van der Waals surface area contributed by atoms with E-state index in [1.165, 1.54) is 0 Å². The molecule has 2 aromatic heterocycles. The summed E-state index contributed by atoms with van der Waals surface area (Å²) in [4.78, 5) is 8.90. The van der Waals surface area contributed by atoms with Crippen LogP contribution in [0.3, 0.4) is 0 Å². The second kappa shape index (κ2) is 3.70. The third-order valence-corrected chi connectivity index (χ3v) is 3.23. The van der Waals surface area contributed by atoms with Crippen LogP contribution in [-0.2, 0) is 6.54 Å². The van der Waals surface area contributed by atoms with E-state index in [1.54, 1.807) is 6.20 Å². The maximum absolute atomic E-state index is 5.95. The van der Waals surface area contributed by atoms with Gasteiger partial charge in [0.2, 0.25) is 0 Å². The van der Waals surface area contributed by atoms with E-state index >= 15 is 0 Å². The largest absolute Gasteiger partial charge is 0.328 e. The Hall–Kier alpha value is -1.61. The van der Waals surface area contributed by atoms with Gasteiger partial charge in [0, 0.05) is 18.1 Å². The van der Waals surface area contributed by atoms with Gasteiger partial charge in [-0.3, -0.25) is 4.98 Å². The van der Waals surface area contributed by atoms with E-state index < -0.39 is 0 Å². The van der Waals surface area contributed by atoms with E-state index in [2.05, 4.69) is 27.5 Å². The first kappa shape index (κ1) is 10.5. The molecule has 0 radical (unpaired) electrons. The van der Waals surface area contributed by atoms with Crippen LogP contribution in [0.25, 0.3) is 21.9 Å². The monoisotopic (exact) mass is 245 g/mol. The van der Waals surface area contributed by atoms with Gasteiger partial charge in [0.05, 0.1) is 21.6 Å². The summed E-state index contributed by atoms with van der Waals surface area (Å²) in [6.07, 6.45) is 1.68. The molecule has 0 aliphatic carbocycles. The molecule has 0 fully saturated rings. The predicted molar refractivity (Wildman–Crippen MR) is 70.5 cm³/mol. The van der Waals surface area contributed by atoms with Gasteiger partial charge in [0.15, 0.2) is 0 Å². The highest BCUT2D eigenvalue weighted by Crippen LogP contribution is 2.24. The van der Waals surface area contributed by atoms with E-state index in [-0.39, 0.29) is 0 Å². The van der Waals surface area contributed by atoms with Crippen LogP contribution in [0.1, 0.15) is 12.7 Å². The molecule has 0 saturated heterocycles. The number of aryl methyl sites for hydroxylation is 2. The van der Waals surface area contributed by atoms with Crippen LogP contribution < -0.4 is 0 Å². The van der Waals surface area contributed by atoms with Gasteiger partial charge in [-0.05, 0) is 32.0 Å². The standard InChI is InChI=1S/C13H12ClN3/c1-3-17-8(2)16-12-5-9-4-10(14)7-15-11(9)6-13(12)17/h4-7H,3H2,1-2H3. The Morgan fingerprint density at radius 2 is 2.06 bits per heavy atom. The molecule has 1 aromatic carbocycles. The number of hydrogen-bond donors (Lipinski definition) is 0. The Kier molecular flexibility index (Phi) is 2.30. The third-order valence-electron chi connectivity index (χ3n) is 3.02. The molecule has 0 amide bonds. The normalized spacial score (nSPS) is 11.5. The van der Waals surface area contributed by atoms with E-state index in [4.69, 9.17) is 11.6 Å². The van der Waals surface area contributed by atoms with Crippen molar-refractivity contribution in [2.45, 2.75) is 20.4 Å². The van der Waals surface area contributed by atoms with Gasteiger partial charge >= 0.3 is 0 Å². The zero-order chi connectivity index (χ0) is 12.0. The van der Waals surface area contributed by atoms with Crippen LogP contribution in [0, 0.1) is 6.92 Å². The van der Waals surface area contributed by atoms with Crippen LogP contribution in [0.4, 0.5) is 0 Å². The van der Waals surface area contributed by atoms with Crippen molar-refractivity contribution in [3.63, 3.8) is 0 Å². The van der Waals surface area contributed by atoms with Gasteiger partial charge in [-0.2, -0.15) is 0 Å². The molecule has 0 bridgehead atoms. The van der Waals surface area contributed by atoms with Gasteiger partial charge in [0.25, 0.3) is 0 Å². The van der Waals surface area contributed by atoms with E-state index in [0.717, 1.165) is 34.3 Å². The molecule has 0 aliphatic rings. The summed E-state index contributed by atoms with van der Waals surface area (Å²) in [5.41, 5.74) is 3.09. The quantitative estimate of drug-likeness (QED) is 0.656. The first-order valence-corrected chi connectivity index (χ1v) is 5.99. The minimum Gasteiger partial charge on any atom is -0.328 e. The minimum absolute atomic E-state index is 0.656. The van der Waals surface area contributed by atoms with Crippen LogP contribution >= 0.6 is 11.6 Å². The number of halogens is 1. The highest BCUT2D eigenvalue weighted by Gasteiger charge is 2.08. The van der Waals surface area contributed by atoms with Crippen molar-refractivity contribution >= 4 is 33.5 Å². The molecular weight excluding hydrogens is 234 g/mol. The molecule has 0 spiro atoms. The van der Waals surface area contributed by atoms with Crippen molar-refractivity contribution < 1.29 is 0 Å². The topological polar surface area (TPSA) is 30.7 Å². The lowest BCUT2D eigenvalue weighted by atomic mass is 10.2. The second-order valence-corrected chi connectivity index (χ2v) is 4.53. The molecule has 0 N–H and O–H groups in total. The smallest absolute Gasteiger partial charge is 0.106 e. The predicted octanol–water partition coefficient (Wildman–Crippen LogP) is 3.57. The number of hydrogen-bond acceptors (Lipinski definition) is 2. The molecular formula is C13H12ClN3. The van der Waals surface area contributed by atoms with Crippen molar-refractivity contribution in [2.24, 2.45) is 0 Å². The zero-order valence-corrected chi connectivity index (χ0v) is 10.5. The molecule has 0 unspecified atom stereocenters. The summed E-state index contributed by atoms with van der Waals surface area (Å²) in [7, 11) is 0. The molecule has 17 heavy (non-hydrogen) atoms. The molecule has 86 valence electrons. The van der Waals surface area contributed by atoms with Crippen LogP contribution in [-0.4, -0.2) is 14.5 Å². The van der Waals surface area contributed by atoms with Crippen molar-refractivity contribution in [2.75, 3.05) is 0 Å². The summed E-state index contributed by atoms with van der Waals surface area (Å²) in [5, 5.41) is 1.69. The lowest BCUT2D eigenvalue weighted by Crippen LogP contribution is -1.96. The molecule has 3 rings (SSSR count). The third kappa shape index (κ3) is 1.58. The maximum atomic E-state index is 5.95. The second-order valence-electron chi connectivity index (χ2n) is 4.09. The first-order valence-electron chi connectivity index (χ1n) is 5.61. The van der Waals surface area contributed by atoms with Crippen molar-refractivity contribution in [1.29, 1.82) is 0 Å². The Morgan fingerprint density at radius 1 is 1.24 bits per heavy atom. The molecule has 4 heteroatoms. The molecule has 0 aliphatic heterocycles. The molecule has 0 saturated carbocycles. The van der Waals surface area contributed by atoms with Crippen LogP contribution in [0.15, 0.2) is 24.4 Å². The lowest BCUT2D eigenvalue weighted by molar-refractivity contribution is 0.753. The molecule has 3 aromatic rings. The van der Waals surface area contributed by atoms with E-state index in [9.17, 15) is 0 Å². The van der Waals surface area contributed by atoms with Crippen molar-refractivity contribution in [3.8, 4) is 0 Å². The van der Waals surface area contributed by atoms with Gasteiger partial charge in [-0.15, -0.1) is 0 Å². The van der Waals surface area contributed by atoms with Gasteiger partial charge in [-0.25, -0.2) is 4.98 Å². The van der Waals surface area contributed by atoms with Gasteiger partial charge < -0.3 is 4.57 Å². The van der Waals surface area contributed by atoms with Crippen molar-refractivity contribution in [3.05, 3.63) is 35.2 Å². The summed E-state index contributed by atoms with van der Waals surface area (Å²) in [6, 6.07) is 6.04. The molecule has 2 heterocycles. The Balaban J connectivity index is 2.43. The number of nitrogens with zero attached hydrogens (tertiary/aromatic N) is 3. The molecule has 0 atom stereocenters. The van der Waals surface area contributed by atoms with Crippen LogP contribution in [0.2, 0.25) is 5.02 Å². The summed E-state index contributed by atoms with van der Waals surface area (Å²) < 4.78 is 2.19. The fourth-order valence-corrected chi connectivity index (χ4v) is 2.41. The Bertz CT molecular complexity index is 715. The fourth-order valence-electron chi connectivity index (χ4n) is 2.24. The lowest BCUT2D eigenvalue weighted by Gasteiger charge is -2.03. The number of pyridine rings is 1. The number of rotatable bonds is 1. The van der Waals surface area contributed by atoms with Gasteiger partial charge in [-0.1, -0.05) is 11.6 Å². The minimum atomic E-state index is 0.656.